The van der Waals surface area contributed by atoms with Gasteiger partial charge in [-0.25, -0.2) is 0 Å². The molecule has 0 amide bonds. The van der Waals surface area contributed by atoms with Gasteiger partial charge in [0.15, 0.2) is 0 Å². The molecule has 0 N–H and O–H groups in total. The summed E-state index contributed by atoms with van der Waals surface area (Å²) in [6.07, 6.45) is 12.3. The van der Waals surface area contributed by atoms with Gasteiger partial charge in [0, 0.05) is 0 Å². The molecule has 2 aliphatic rings. The number of hydrogen-bond donors (Lipinski definition) is 0. The molecule has 0 aliphatic heterocycles. The van der Waals surface area contributed by atoms with Crippen molar-refractivity contribution in [3.05, 3.63) is 161 Å². The van der Waals surface area contributed by atoms with E-state index in [9.17, 15) is 0 Å². The van der Waals surface area contributed by atoms with E-state index < -0.39 is 9.47 Å². The van der Waals surface area contributed by atoms with Crippen molar-refractivity contribution in [2.45, 2.75) is 91.4 Å². The Morgan fingerprint density at radius 2 is 0.882 bits per heavy atom. The molecule has 0 spiro atoms. The van der Waals surface area contributed by atoms with Crippen molar-refractivity contribution >= 4 is 24.6 Å². The molecule has 2 heteroatoms. The van der Waals surface area contributed by atoms with E-state index in [0.29, 0.717) is 9.26 Å². The number of hydrogen-bond acceptors (Lipinski definition) is 0. The summed E-state index contributed by atoms with van der Waals surface area (Å²) in [5.41, 5.74) is 17.8. The Bertz CT molecular complexity index is 2140. The fraction of sp³-hybridized carbons (Fsp3) is 0.306. The Labute approximate surface area is 306 Å². The summed E-state index contributed by atoms with van der Waals surface area (Å²) in [4.78, 5) is 0. The van der Waals surface area contributed by atoms with Gasteiger partial charge in [-0.05, 0) is 0 Å². The quantitative estimate of drug-likeness (QED) is 0.106. The first-order valence-corrected chi connectivity index (χ1v) is 29.0. The van der Waals surface area contributed by atoms with E-state index in [-0.39, 0.29) is 0 Å². The standard InChI is InChI=1S/2C17H15.C6H5.2C4H9.CH3.H2Si.V/c2*1-2-13-11-15-9-6-10-16(17(15)12-13)14-7-4-3-5-8-14;1-2-4-6-5-3-1;2*1-3-4-2;;;/h2*3-12H,2H2,1H3;1-5H;2*1,3-4H2,2H3;1H3;1H2;. The van der Waals surface area contributed by atoms with Crippen LogP contribution in [-0.4, -0.2) is 8.15 Å². The summed E-state index contributed by atoms with van der Waals surface area (Å²) < 4.78 is 2.34. The van der Waals surface area contributed by atoms with Crippen LogP contribution in [0.3, 0.4) is 0 Å². The van der Waals surface area contributed by atoms with E-state index >= 15 is 0 Å². The Balaban J connectivity index is 1.71. The molecular formula is C49H58SiV. The number of unbranched alkanes of at least 4 members (excludes halogenated alkanes) is 2. The third-order valence-corrected chi connectivity index (χ3v) is 40.5. The second-order valence-electron chi connectivity index (χ2n) is 17.1. The van der Waals surface area contributed by atoms with E-state index in [1.54, 1.807) is 26.5 Å². The van der Waals surface area contributed by atoms with Crippen LogP contribution in [0.15, 0.2) is 139 Å². The summed E-state index contributed by atoms with van der Waals surface area (Å²) >= 11 is 0. The van der Waals surface area contributed by atoms with Crippen LogP contribution in [0.4, 0.5) is 0 Å². The molecule has 2 unspecified atom stereocenters. The van der Waals surface area contributed by atoms with E-state index in [2.05, 4.69) is 181 Å². The summed E-state index contributed by atoms with van der Waals surface area (Å²) in [6, 6.07) is 49.2. The maximum atomic E-state index is 3.01. The molecule has 7 rings (SSSR count). The first kappa shape index (κ1) is 35.8. The molecule has 0 nitrogen and oxygen atoms in total. The van der Waals surface area contributed by atoms with Crippen LogP contribution >= 0.6 is 0 Å². The second-order valence-corrected chi connectivity index (χ2v) is 45.1. The fourth-order valence-corrected chi connectivity index (χ4v) is 39.0. The van der Waals surface area contributed by atoms with Gasteiger partial charge < -0.3 is 0 Å². The van der Waals surface area contributed by atoms with E-state index in [0.717, 1.165) is 12.8 Å². The Hall–Kier alpha value is -3.62. The summed E-state index contributed by atoms with van der Waals surface area (Å²) in [5, 5.41) is 2.52. The van der Waals surface area contributed by atoms with Gasteiger partial charge in [0.2, 0.25) is 0 Å². The first-order chi connectivity index (χ1) is 24.6. The van der Waals surface area contributed by atoms with Gasteiger partial charge in [0.25, 0.3) is 0 Å². The molecule has 0 fully saturated rings. The molecular weight excluding hydrogens is 668 g/mol. The molecule has 263 valence electrons. The van der Waals surface area contributed by atoms with Crippen LogP contribution in [0.25, 0.3) is 34.4 Å². The predicted molar refractivity (Wildman–Crippen MR) is 226 cm³/mol. The van der Waals surface area contributed by atoms with Gasteiger partial charge in [-0.2, -0.15) is 0 Å². The van der Waals surface area contributed by atoms with Crippen LogP contribution in [0.1, 0.15) is 97.7 Å². The molecule has 2 atom stereocenters. The summed E-state index contributed by atoms with van der Waals surface area (Å²) in [5.74, 6) is 0. The van der Waals surface area contributed by atoms with Crippen LogP contribution in [0, 0.1) is 0 Å². The minimum atomic E-state index is -5.28. The Morgan fingerprint density at radius 3 is 1.25 bits per heavy atom. The van der Waals surface area contributed by atoms with E-state index in [4.69, 9.17) is 0 Å². The summed E-state index contributed by atoms with van der Waals surface area (Å²) in [7, 11) is -2.65. The third-order valence-electron chi connectivity index (χ3n) is 14.1. The second kappa shape index (κ2) is 12.5. The zero-order valence-corrected chi connectivity index (χ0v) is 34.6. The SMILES string of the molecule is CCC[CH2][V]([CH3])(=[SiH2])([CH2]CCC)([c]1ccccc1)([CH]1C(CC)=Cc2c(-c3ccccc3)cccc21)[CH]1C(CC)=Cc2c(-c3ccccc3)cccc21. The van der Waals surface area contributed by atoms with Crippen molar-refractivity contribution in [1.29, 1.82) is 0 Å². The van der Waals surface area contributed by atoms with Gasteiger partial charge in [-0.3, -0.25) is 0 Å². The molecule has 51 heavy (non-hydrogen) atoms. The fourth-order valence-electron chi connectivity index (χ4n) is 11.8. The van der Waals surface area contributed by atoms with Crippen LogP contribution < -0.4 is 4.28 Å². The van der Waals surface area contributed by atoms with Gasteiger partial charge in [0.1, 0.15) is 0 Å². The van der Waals surface area contributed by atoms with Gasteiger partial charge in [0.05, 0.1) is 0 Å². The first-order valence-electron chi connectivity index (χ1n) is 19.7. The maximum absolute atomic E-state index is 5.28. The van der Waals surface area contributed by atoms with Crippen LogP contribution in [-0.2, 0) is 9.47 Å². The molecule has 0 radical (unpaired) electrons. The van der Waals surface area contributed by atoms with Crippen LogP contribution in [0.5, 0.6) is 0 Å². The molecule has 5 aromatic rings. The molecule has 0 saturated carbocycles. The van der Waals surface area contributed by atoms with Crippen molar-refractivity contribution in [1.82, 2.24) is 0 Å². The van der Waals surface area contributed by atoms with E-state index in [1.807, 2.05) is 0 Å². The van der Waals surface area contributed by atoms with E-state index in [1.165, 1.54) is 69.3 Å². The van der Waals surface area contributed by atoms with Crippen molar-refractivity contribution < 1.29 is 9.47 Å². The van der Waals surface area contributed by atoms with Crippen molar-refractivity contribution in [2.24, 2.45) is 0 Å². The molecule has 2 aliphatic carbocycles. The number of rotatable bonds is 13. The monoisotopic (exact) mass is 725 g/mol. The normalized spacial score (nSPS) is 18.8. The molecule has 0 aromatic heterocycles. The average molecular weight is 726 g/mol. The zero-order chi connectivity index (χ0) is 35.8. The van der Waals surface area contributed by atoms with Crippen LogP contribution in [0.2, 0.25) is 15.9 Å². The number of fused-ring (bicyclic) bond motifs is 2. The minimum absolute atomic E-state index is 0.335. The van der Waals surface area contributed by atoms with Gasteiger partial charge in [-0.1, -0.05) is 0 Å². The van der Waals surface area contributed by atoms with Gasteiger partial charge >= 0.3 is 308 Å². The predicted octanol–water partition coefficient (Wildman–Crippen LogP) is 13.5. The topological polar surface area (TPSA) is 0 Å². The Kier molecular flexibility index (Phi) is 8.77. The molecule has 0 saturated heterocycles. The third kappa shape index (κ3) is 4.91. The molecule has 0 heterocycles. The molecule has 5 aromatic carbocycles. The van der Waals surface area contributed by atoms with Gasteiger partial charge in [-0.15, -0.1) is 0 Å². The van der Waals surface area contributed by atoms with Crippen molar-refractivity contribution in [2.75, 3.05) is 0 Å². The average Bonchev–Trinajstić information content (AvgIpc) is 3.79. The number of allylic oxidation sites excluding steroid dienone is 2. The number of benzene rings is 5. The Morgan fingerprint density at radius 1 is 0.490 bits per heavy atom. The zero-order valence-electron chi connectivity index (χ0n) is 31.7. The van der Waals surface area contributed by atoms with Crippen molar-refractivity contribution in [3.8, 4) is 22.3 Å². The molecule has 0 bridgehead atoms. The summed E-state index contributed by atoms with van der Waals surface area (Å²) in [6.45, 7) is 9.74. The van der Waals surface area contributed by atoms with Crippen molar-refractivity contribution in [3.63, 3.8) is 0 Å².